The van der Waals surface area contributed by atoms with Gasteiger partial charge in [0.2, 0.25) is 0 Å². The smallest absolute Gasteiger partial charge is 0.338 e. The maximum absolute atomic E-state index is 12.7. The molecule has 0 aliphatic heterocycles. The molecule has 3 rings (SSSR count). The van der Waals surface area contributed by atoms with Crippen LogP contribution in [0.2, 0.25) is 0 Å². The van der Waals surface area contributed by atoms with Gasteiger partial charge in [0.05, 0.1) is 29.9 Å². The molecule has 0 atom stereocenters. The van der Waals surface area contributed by atoms with Gasteiger partial charge in [0, 0.05) is 11.1 Å². The predicted octanol–water partition coefficient (Wildman–Crippen LogP) is 3.84. The van der Waals surface area contributed by atoms with Crippen molar-refractivity contribution < 1.29 is 23.9 Å². The molecule has 0 aliphatic carbocycles. The Kier molecular flexibility index (Phi) is 6.19. The van der Waals surface area contributed by atoms with E-state index in [-0.39, 0.29) is 35.7 Å². The fourth-order valence-electron chi connectivity index (χ4n) is 2.75. The van der Waals surface area contributed by atoms with Crippen molar-refractivity contribution in [3.63, 3.8) is 0 Å². The normalized spacial score (nSPS) is 10.4. The van der Waals surface area contributed by atoms with Crippen LogP contribution in [0.25, 0.3) is 10.9 Å². The minimum atomic E-state index is -0.599. The Balaban J connectivity index is 1.91. The summed E-state index contributed by atoms with van der Waals surface area (Å²) >= 11 is 0. The maximum atomic E-state index is 12.7. The van der Waals surface area contributed by atoms with E-state index in [4.69, 9.17) is 9.47 Å². The summed E-state index contributed by atoms with van der Waals surface area (Å²) in [5.41, 5.74) is 1.44. The molecule has 0 radical (unpaired) electrons. The lowest BCUT2D eigenvalue weighted by Crippen LogP contribution is -2.16. The van der Waals surface area contributed by atoms with Crippen molar-refractivity contribution in [2.75, 3.05) is 18.5 Å². The van der Waals surface area contributed by atoms with Gasteiger partial charge in [-0.1, -0.05) is 24.3 Å². The molecule has 1 heterocycles. The van der Waals surface area contributed by atoms with Crippen LogP contribution in [0.3, 0.4) is 0 Å². The summed E-state index contributed by atoms with van der Waals surface area (Å²) in [6.45, 7) is 3.73. The minimum Gasteiger partial charge on any atom is -0.462 e. The molecule has 7 nitrogen and oxygen atoms in total. The molecule has 1 aromatic heterocycles. The van der Waals surface area contributed by atoms with Crippen molar-refractivity contribution in [1.82, 2.24) is 4.98 Å². The second-order valence-corrected chi connectivity index (χ2v) is 6.08. The van der Waals surface area contributed by atoms with E-state index in [2.05, 4.69) is 10.3 Å². The molecule has 7 heteroatoms. The van der Waals surface area contributed by atoms with Crippen LogP contribution in [0, 0.1) is 0 Å². The summed E-state index contributed by atoms with van der Waals surface area (Å²) in [7, 11) is 0. The largest absolute Gasteiger partial charge is 0.462 e. The number of hydrogen-bond donors (Lipinski definition) is 1. The predicted molar refractivity (Wildman–Crippen MR) is 108 cm³/mol. The molecule has 0 fully saturated rings. The van der Waals surface area contributed by atoms with Crippen LogP contribution >= 0.6 is 0 Å². The van der Waals surface area contributed by atoms with E-state index in [0.717, 1.165) is 5.39 Å². The molecule has 148 valence electrons. The first kappa shape index (κ1) is 20.0. The highest BCUT2D eigenvalue weighted by atomic mass is 16.5. The van der Waals surface area contributed by atoms with Crippen molar-refractivity contribution in [1.29, 1.82) is 0 Å². The lowest BCUT2D eigenvalue weighted by Gasteiger charge is -2.10. The second-order valence-electron chi connectivity index (χ2n) is 6.08. The number of nitrogens with one attached hydrogen (secondary N) is 1. The monoisotopic (exact) mass is 392 g/mol. The van der Waals surface area contributed by atoms with Crippen LogP contribution in [0.4, 0.5) is 5.69 Å². The lowest BCUT2D eigenvalue weighted by molar-refractivity contribution is 0.0525. The standard InChI is InChI=1S/C22H20N2O5/c1-3-28-21(26)15-11-16(22(27)29-4-2)13-17(12-15)23-20(25)19-10-9-14-7-5-6-8-18(14)24-19/h5-13H,3-4H2,1-2H3,(H,23,25). The molecule has 3 aromatic rings. The zero-order valence-corrected chi connectivity index (χ0v) is 16.1. The van der Waals surface area contributed by atoms with Crippen LogP contribution in [0.1, 0.15) is 45.1 Å². The topological polar surface area (TPSA) is 94.6 Å². The Morgan fingerprint density at radius 1 is 0.862 bits per heavy atom. The van der Waals surface area contributed by atoms with Crippen LogP contribution in [0.5, 0.6) is 0 Å². The van der Waals surface area contributed by atoms with Crippen LogP contribution in [-0.4, -0.2) is 36.0 Å². The van der Waals surface area contributed by atoms with Gasteiger partial charge in [-0.05, 0) is 44.2 Å². The highest BCUT2D eigenvalue weighted by Gasteiger charge is 2.17. The van der Waals surface area contributed by atoms with Gasteiger partial charge in [-0.25, -0.2) is 14.6 Å². The van der Waals surface area contributed by atoms with Gasteiger partial charge in [0.15, 0.2) is 0 Å². The summed E-state index contributed by atoms with van der Waals surface area (Å²) < 4.78 is 10.00. The Labute approximate surface area is 167 Å². The lowest BCUT2D eigenvalue weighted by atomic mass is 10.1. The second kappa shape index (κ2) is 8.97. The van der Waals surface area contributed by atoms with E-state index < -0.39 is 17.8 Å². The number of carbonyl (C=O) groups excluding carboxylic acids is 3. The maximum Gasteiger partial charge on any atom is 0.338 e. The van der Waals surface area contributed by atoms with Crippen LogP contribution in [0.15, 0.2) is 54.6 Å². The van der Waals surface area contributed by atoms with Crippen LogP contribution in [-0.2, 0) is 9.47 Å². The number of esters is 2. The first-order chi connectivity index (χ1) is 14.0. The number of benzene rings is 2. The van der Waals surface area contributed by atoms with Gasteiger partial charge >= 0.3 is 11.9 Å². The number of carbonyl (C=O) groups is 3. The summed E-state index contributed by atoms with van der Waals surface area (Å²) in [5.74, 6) is -1.66. The fourth-order valence-corrected chi connectivity index (χ4v) is 2.75. The number of para-hydroxylation sites is 1. The first-order valence-electron chi connectivity index (χ1n) is 9.18. The Bertz CT molecular complexity index is 1040. The van der Waals surface area contributed by atoms with E-state index in [1.807, 2.05) is 24.3 Å². The molecule has 2 aromatic carbocycles. The number of fused-ring (bicyclic) bond motifs is 1. The van der Waals surface area contributed by atoms with Gasteiger partial charge in [0.25, 0.3) is 5.91 Å². The van der Waals surface area contributed by atoms with Crippen molar-refractivity contribution in [3.05, 3.63) is 71.4 Å². The van der Waals surface area contributed by atoms with Crippen molar-refractivity contribution in [3.8, 4) is 0 Å². The number of aromatic nitrogens is 1. The third-order valence-corrected chi connectivity index (χ3v) is 4.04. The van der Waals surface area contributed by atoms with Gasteiger partial charge < -0.3 is 14.8 Å². The zero-order valence-electron chi connectivity index (χ0n) is 16.1. The van der Waals surface area contributed by atoms with Gasteiger partial charge in [-0.3, -0.25) is 4.79 Å². The van der Waals surface area contributed by atoms with E-state index in [1.54, 1.807) is 26.0 Å². The van der Waals surface area contributed by atoms with E-state index in [9.17, 15) is 14.4 Å². The van der Waals surface area contributed by atoms with E-state index in [0.29, 0.717) is 5.52 Å². The molecule has 0 unspecified atom stereocenters. The molecular weight excluding hydrogens is 372 g/mol. The number of anilines is 1. The Morgan fingerprint density at radius 3 is 2.10 bits per heavy atom. The quantitative estimate of drug-likeness (QED) is 0.641. The highest BCUT2D eigenvalue weighted by Crippen LogP contribution is 2.19. The summed E-state index contributed by atoms with van der Waals surface area (Å²) in [6, 6.07) is 15.1. The average Bonchev–Trinajstić information content (AvgIpc) is 2.73. The number of rotatable bonds is 6. The molecule has 0 saturated carbocycles. The third-order valence-electron chi connectivity index (χ3n) is 4.04. The Hall–Kier alpha value is -3.74. The molecule has 0 saturated heterocycles. The molecule has 0 spiro atoms. The first-order valence-corrected chi connectivity index (χ1v) is 9.18. The number of ether oxygens (including phenoxy) is 2. The number of pyridine rings is 1. The van der Waals surface area contributed by atoms with E-state index >= 15 is 0 Å². The van der Waals surface area contributed by atoms with Crippen molar-refractivity contribution >= 4 is 34.4 Å². The molecule has 1 N–H and O–H groups in total. The SMILES string of the molecule is CCOC(=O)c1cc(NC(=O)c2ccc3ccccc3n2)cc(C(=O)OCC)c1. The van der Waals surface area contributed by atoms with Gasteiger partial charge in [0.1, 0.15) is 5.69 Å². The summed E-state index contributed by atoms with van der Waals surface area (Å²) in [6.07, 6.45) is 0. The fraction of sp³-hybridized carbons (Fsp3) is 0.182. The van der Waals surface area contributed by atoms with E-state index in [1.165, 1.54) is 18.2 Å². The zero-order chi connectivity index (χ0) is 20.8. The van der Waals surface area contributed by atoms with Gasteiger partial charge in [-0.15, -0.1) is 0 Å². The average molecular weight is 392 g/mol. The van der Waals surface area contributed by atoms with Crippen molar-refractivity contribution in [2.45, 2.75) is 13.8 Å². The molecular formula is C22H20N2O5. The molecule has 29 heavy (non-hydrogen) atoms. The summed E-state index contributed by atoms with van der Waals surface area (Å²) in [4.78, 5) is 41.3. The van der Waals surface area contributed by atoms with Gasteiger partial charge in [-0.2, -0.15) is 0 Å². The number of hydrogen-bond acceptors (Lipinski definition) is 6. The van der Waals surface area contributed by atoms with Crippen LogP contribution < -0.4 is 5.32 Å². The highest BCUT2D eigenvalue weighted by molar-refractivity contribution is 6.05. The minimum absolute atomic E-state index is 0.138. The summed E-state index contributed by atoms with van der Waals surface area (Å²) in [5, 5.41) is 3.60. The van der Waals surface area contributed by atoms with Crippen molar-refractivity contribution in [2.24, 2.45) is 0 Å². The molecule has 0 bridgehead atoms. The Morgan fingerprint density at radius 2 is 1.48 bits per heavy atom. The molecule has 1 amide bonds. The third kappa shape index (κ3) is 4.76. The number of nitrogens with zero attached hydrogens (tertiary/aromatic N) is 1. The number of amides is 1. The molecule has 0 aliphatic rings.